The summed E-state index contributed by atoms with van der Waals surface area (Å²) in [5.74, 6) is 1.94. The molecule has 0 bridgehead atoms. The minimum Gasteiger partial charge on any atom is -0.208 e. The molecule has 1 heterocycles. The van der Waals surface area contributed by atoms with Crippen molar-refractivity contribution in [2.45, 2.75) is 0 Å². The molecule has 0 aliphatic heterocycles. The SMILES string of the molecule is c1ccc(-c2cccc(-c3nc(-c4ccccc4)nc(-c4cccc(-c5ccccc5-c5ccccc5)c4)n3)c2)cc1. The van der Waals surface area contributed by atoms with Gasteiger partial charge in [-0.3, -0.25) is 0 Å². The lowest BCUT2D eigenvalue weighted by Gasteiger charge is -2.12. The summed E-state index contributed by atoms with van der Waals surface area (Å²) < 4.78 is 0. The zero-order chi connectivity index (χ0) is 28.1. The fraction of sp³-hybridized carbons (Fsp3) is 0. The summed E-state index contributed by atoms with van der Waals surface area (Å²) in [5.41, 5.74) is 9.77. The largest absolute Gasteiger partial charge is 0.208 e. The first-order valence-corrected chi connectivity index (χ1v) is 14.0. The molecule has 3 nitrogen and oxygen atoms in total. The van der Waals surface area contributed by atoms with Crippen molar-refractivity contribution in [1.82, 2.24) is 15.0 Å². The van der Waals surface area contributed by atoms with E-state index in [1.807, 2.05) is 42.5 Å². The maximum Gasteiger partial charge on any atom is 0.164 e. The Balaban J connectivity index is 1.36. The average molecular weight is 538 g/mol. The van der Waals surface area contributed by atoms with Crippen LogP contribution in [0.15, 0.2) is 164 Å². The lowest BCUT2D eigenvalue weighted by molar-refractivity contribution is 1.07. The van der Waals surface area contributed by atoms with E-state index in [0.717, 1.165) is 33.4 Å². The van der Waals surface area contributed by atoms with Crippen LogP contribution in [-0.4, -0.2) is 15.0 Å². The van der Waals surface area contributed by atoms with E-state index in [1.54, 1.807) is 0 Å². The molecule has 42 heavy (non-hydrogen) atoms. The van der Waals surface area contributed by atoms with Gasteiger partial charge in [-0.15, -0.1) is 0 Å². The van der Waals surface area contributed by atoms with Crippen LogP contribution in [-0.2, 0) is 0 Å². The van der Waals surface area contributed by atoms with Crippen molar-refractivity contribution >= 4 is 0 Å². The van der Waals surface area contributed by atoms with Gasteiger partial charge < -0.3 is 0 Å². The quantitative estimate of drug-likeness (QED) is 0.212. The zero-order valence-electron chi connectivity index (χ0n) is 22.9. The summed E-state index contributed by atoms with van der Waals surface area (Å²) in [6.45, 7) is 0. The average Bonchev–Trinajstić information content (AvgIpc) is 3.09. The highest BCUT2D eigenvalue weighted by molar-refractivity contribution is 5.85. The molecule has 6 aromatic carbocycles. The third-order valence-electron chi connectivity index (χ3n) is 7.34. The molecule has 0 amide bonds. The maximum atomic E-state index is 5.03. The van der Waals surface area contributed by atoms with Gasteiger partial charge in [0.25, 0.3) is 0 Å². The Morgan fingerprint density at radius 1 is 0.238 bits per heavy atom. The van der Waals surface area contributed by atoms with Crippen molar-refractivity contribution in [3.8, 4) is 67.5 Å². The smallest absolute Gasteiger partial charge is 0.164 e. The van der Waals surface area contributed by atoms with Gasteiger partial charge in [0.2, 0.25) is 0 Å². The molecule has 1 aromatic heterocycles. The third-order valence-corrected chi connectivity index (χ3v) is 7.34. The van der Waals surface area contributed by atoms with Crippen LogP contribution >= 0.6 is 0 Å². The number of aromatic nitrogens is 3. The number of hydrogen-bond acceptors (Lipinski definition) is 3. The van der Waals surface area contributed by atoms with E-state index >= 15 is 0 Å². The molecule has 0 N–H and O–H groups in total. The van der Waals surface area contributed by atoms with Gasteiger partial charge in [-0.05, 0) is 45.5 Å². The number of hydrogen-bond donors (Lipinski definition) is 0. The highest BCUT2D eigenvalue weighted by atomic mass is 15.0. The number of nitrogens with zero attached hydrogens (tertiary/aromatic N) is 3. The summed E-state index contributed by atoms with van der Waals surface area (Å²) in [7, 11) is 0. The lowest BCUT2D eigenvalue weighted by atomic mass is 9.94. The third kappa shape index (κ3) is 5.24. The van der Waals surface area contributed by atoms with Gasteiger partial charge in [-0.2, -0.15) is 0 Å². The summed E-state index contributed by atoms with van der Waals surface area (Å²) in [5, 5.41) is 0. The van der Waals surface area contributed by atoms with E-state index in [4.69, 9.17) is 15.0 Å². The summed E-state index contributed by atoms with van der Waals surface area (Å²) in [4.78, 5) is 14.9. The topological polar surface area (TPSA) is 38.7 Å². The number of benzene rings is 6. The van der Waals surface area contributed by atoms with Gasteiger partial charge in [0.15, 0.2) is 17.5 Å². The monoisotopic (exact) mass is 537 g/mol. The highest BCUT2D eigenvalue weighted by Gasteiger charge is 2.14. The molecule has 3 heteroatoms. The van der Waals surface area contributed by atoms with Gasteiger partial charge in [0.1, 0.15) is 0 Å². The molecule has 0 aliphatic carbocycles. The van der Waals surface area contributed by atoms with Crippen molar-refractivity contribution in [3.05, 3.63) is 164 Å². The molecule has 0 atom stereocenters. The number of rotatable bonds is 6. The Kier molecular flexibility index (Phi) is 6.89. The van der Waals surface area contributed by atoms with E-state index in [2.05, 4.69) is 121 Å². The molecule has 0 fully saturated rings. The Labute approximate surface area is 245 Å². The van der Waals surface area contributed by atoms with E-state index in [1.165, 1.54) is 16.7 Å². The van der Waals surface area contributed by atoms with Crippen molar-refractivity contribution in [2.75, 3.05) is 0 Å². The van der Waals surface area contributed by atoms with Gasteiger partial charge in [0.05, 0.1) is 0 Å². The van der Waals surface area contributed by atoms with Crippen LogP contribution in [0.3, 0.4) is 0 Å². The minimum atomic E-state index is 0.642. The lowest BCUT2D eigenvalue weighted by Crippen LogP contribution is -2.00. The Morgan fingerprint density at radius 2 is 0.595 bits per heavy atom. The maximum absolute atomic E-state index is 5.03. The van der Waals surface area contributed by atoms with Crippen molar-refractivity contribution in [3.63, 3.8) is 0 Å². The Morgan fingerprint density at radius 3 is 1.17 bits per heavy atom. The van der Waals surface area contributed by atoms with Crippen LogP contribution in [0.5, 0.6) is 0 Å². The zero-order valence-corrected chi connectivity index (χ0v) is 22.9. The predicted molar refractivity (Wildman–Crippen MR) is 172 cm³/mol. The second-order valence-corrected chi connectivity index (χ2v) is 10.1. The van der Waals surface area contributed by atoms with E-state index in [9.17, 15) is 0 Å². The first kappa shape index (κ1) is 25.3. The van der Waals surface area contributed by atoms with Gasteiger partial charge in [-0.25, -0.2) is 15.0 Å². The standard InChI is InChI=1S/C39H27N3/c1-4-14-28(15-5-1)31-20-12-22-33(26-31)38-40-37(30-18-8-3-9-19-30)41-39(42-38)34-23-13-21-32(27-34)36-25-11-10-24-35(36)29-16-6-2-7-17-29/h1-27H. The van der Waals surface area contributed by atoms with Crippen LogP contribution in [0.1, 0.15) is 0 Å². The van der Waals surface area contributed by atoms with Crippen LogP contribution in [0, 0.1) is 0 Å². The van der Waals surface area contributed by atoms with Gasteiger partial charge in [-0.1, -0.05) is 152 Å². The fourth-order valence-corrected chi connectivity index (χ4v) is 5.25. The van der Waals surface area contributed by atoms with Crippen molar-refractivity contribution in [1.29, 1.82) is 0 Å². The molecule has 0 saturated carbocycles. The Bertz CT molecular complexity index is 1970. The van der Waals surface area contributed by atoms with Crippen molar-refractivity contribution < 1.29 is 0 Å². The van der Waals surface area contributed by atoms with Gasteiger partial charge in [0, 0.05) is 16.7 Å². The molecule has 0 spiro atoms. The molecule has 0 radical (unpaired) electrons. The molecular weight excluding hydrogens is 510 g/mol. The highest BCUT2D eigenvalue weighted by Crippen LogP contribution is 2.34. The molecular formula is C39H27N3. The first-order chi connectivity index (χ1) is 20.8. The summed E-state index contributed by atoms with van der Waals surface area (Å²) in [6, 6.07) is 56.4. The van der Waals surface area contributed by atoms with Crippen LogP contribution in [0.2, 0.25) is 0 Å². The summed E-state index contributed by atoms with van der Waals surface area (Å²) >= 11 is 0. The molecule has 7 aromatic rings. The van der Waals surface area contributed by atoms with Crippen LogP contribution in [0.25, 0.3) is 67.5 Å². The molecule has 7 rings (SSSR count). The molecule has 0 unspecified atom stereocenters. The van der Waals surface area contributed by atoms with E-state index < -0.39 is 0 Å². The minimum absolute atomic E-state index is 0.642. The molecule has 0 saturated heterocycles. The second-order valence-electron chi connectivity index (χ2n) is 10.1. The van der Waals surface area contributed by atoms with E-state index in [-0.39, 0.29) is 0 Å². The van der Waals surface area contributed by atoms with Gasteiger partial charge >= 0.3 is 0 Å². The van der Waals surface area contributed by atoms with Crippen LogP contribution in [0.4, 0.5) is 0 Å². The van der Waals surface area contributed by atoms with Crippen LogP contribution < -0.4 is 0 Å². The van der Waals surface area contributed by atoms with Crippen molar-refractivity contribution in [2.24, 2.45) is 0 Å². The predicted octanol–water partition coefficient (Wildman–Crippen LogP) is 9.87. The summed E-state index contributed by atoms with van der Waals surface area (Å²) in [6.07, 6.45) is 0. The molecule has 0 aliphatic rings. The first-order valence-electron chi connectivity index (χ1n) is 14.0. The molecule has 198 valence electrons. The van der Waals surface area contributed by atoms with E-state index in [0.29, 0.717) is 17.5 Å². The normalized spacial score (nSPS) is 10.9. The fourth-order valence-electron chi connectivity index (χ4n) is 5.25. The second kappa shape index (κ2) is 11.4. The Hall–Kier alpha value is -5.67.